The first-order valence-electron chi connectivity index (χ1n) is 4.61. The molecule has 5 heteroatoms. The first-order valence-corrected chi connectivity index (χ1v) is 5.49. The van der Waals surface area contributed by atoms with Crippen molar-refractivity contribution in [3.05, 3.63) is 35.3 Å². The molecule has 0 atom stereocenters. The monoisotopic (exact) mass is 234 g/mol. The Bertz CT molecular complexity index is 491. The maximum Gasteiger partial charge on any atom is 0.124 e. The van der Waals surface area contributed by atoms with E-state index >= 15 is 0 Å². The van der Waals surface area contributed by atoms with Crippen molar-refractivity contribution >= 4 is 17.6 Å². The van der Waals surface area contributed by atoms with E-state index in [1.165, 1.54) is 17.6 Å². The zero-order chi connectivity index (χ0) is 11.4. The predicted octanol–water partition coefficient (Wildman–Crippen LogP) is 2.63. The van der Waals surface area contributed by atoms with Gasteiger partial charge < -0.3 is 9.94 Å². The Morgan fingerprint density at radius 2 is 2.12 bits per heavy atom. The van der Waals surface area contributed by atoms with Crippen molar-refractivity contribution in [1.29, 1.82) is 0 Å². The van der Waals surface area contributed by atoms with Gasteiger partial charge in [-0.3, -0.25) is 0 Å². The summed E-state index contributed by atoms with van der Waals surface area (Å²) in [7, 11) is 1.63. The summed E-state index contributed by atoms with van der Waals surface area (Å²) in [6, 6.07) is 7.65. The van der Waals surface area contributed by atoms with E-state index in [1.807, 2.05) is 29.6 Å². The SMILES string of the molecule is COc1ccc(-c2nc(/C=N/O)cs2)cc1. The molecule has 0 unspecified atom stereocenters. The van der Waals surface area contributed by atoms with Gasteiger partial charge >= 0.3 is 0 Å². The third kappa shape index (κ3) is 2.20. The molecule has 16 heavy (non-hydrogen) atoms. The fourth-order valence-electron chi connectivity index (χ4n) is 1.27. The van der Waals surface area contributed by atoms with Crippen molar-refractivity contribution in [3.63, 3.8) is 0 Å². The van der Waals surface area contributed by atoms with Gasteiger partial charge in [-0.15, -0.1) is 11.3 Å². The van der Waals surface area contributed by atoms with Crippen molar-refractivity contribution in [1.82, 2.24) is 4.98 Å². The first-order chi connectivity index (χ1) is 7.83. The van der Waals surface area contributed by atoms with Gasteiger partial charge in [0.25, 0.3) is 0 Å². The van der Waals surface area contributed by atoms with E-state index in [4.69, 9.17) is 9.94 Å². The maximum atomic E-state index is 8.39. The van der Waals surface area contributed by atoms with Crippen LogP contribution in [0.2, 0.25) is 0 Å². The molecular weight excluding hydrogens is 224 g/mol. The molecule has 0 bridgehead atoms. The molecule has 2 aromatic rings. The molecule has 1 heterocycles. The van der Waals surface area contributed by atoms with E-state index in [2.05, 4.69) is 10.1 Å². The number of nitrogens with zero attached hydrogens (tertiary/aromatic N) is 2. The van der Waals surface area contributed by atoms with Crippen LogP contribution in [0.1, 0.15) is 5.69 Å². The molecule has 82 valence electrons. The maximum absolute atomic E-state index is 8.39. The summed E-state index contributed by atoms with van der Waals surface area (Å²) in [5.74, 6) is 0.817. The lowest BCUT2D eigenvalue weighted by Crippen LogP contribution is -1.83. The fourth-order valence-corrected chi connectivity index (χ4v) is 2.05. The normalized spacial score (nSPS) is 10.8. The number of oxime groups is 1. The molecule has 0 amide bonds. The summed E-state index contributed by atoms with van der Waals surface area (Å²) >= 11 is 1.50. The Kier molecular flexibility index (Phi) is 3.16. The zero-order valence-electron chi connectivity index (χ0n) is 8.62. The number of benzene rings is 1. The van der Waals surface area contributed by atoms with Gasteiger partial charge in [0.1, 0.15) is 10.8 Å². The summed E-state index contributed by atoms with van der Waals surface area (Å²) in [4.78, 5) is 4.29. The molecule has 0 aliphatic carbocycles. The lowest BCUT2D eigenvalue weighted by molar-refractivity contribution is 0.321. The third-order valence-corrected chi connectivity index (χ3v) is 2.96. The van der Waals surface area contributed by atoms with E-state index in [0.29, 0.717) is 5.69 Å². The Labute approximate surface area is 96.8 Å². The minimum Gasteiger partial charge on any atom is -0.497 e. The summed E-state index contributed by atoms with van der Waals surface area (Å²) in [5, 5.41) is 14.0. The van der Waals surface area contributed by atoms with E-state index in [-0.39, 0.29) is 0 Å². The summed E-state index contributed by atoms with van der Waals surface area (Å²) < 4.78 is 5.08. The van der Waals surface area contributed by atoms with Crippen LogP contribution >= 0.6 is 11.3 Å². The van der Waals surface area contributed by atoms with Crippen molar-refractivity contribution in [2.75, 3.05) is 7.11 Å². The van der Waals surface area contributed by atoms with Gasteiger partial charge in [0, 0.05) is 10.9 Å². The summed E-state index contributed by atoms with van der Waals surface area (Å²) in [5.41, 5.74) is 1.67. The van der Waals surface area contributed by atoms with Gasteiger partial charge in [-0.2, -0.15) is 0 Å². The minimum absolute atomic E-state index is 0.651. The first kappa shape index (κ1) is 10.6. The van der Waals surface area contributed by atoms with Gasteiger partial charge in [0.15, 0.2) is 0 Å². The van der Waals surface area contributed by atoms with Crippen LogP contribution in [0.15, 0.2) is 34.8 Å². The van der Waals surface area contributed by atoms with E-state index in [0.717, 1.165) is 16.3 Å². The van der Waals surface area contributed by atoms with E-state index in [1.54, 1.807) is 7.11 Å². The third-order valence-electron chi connectivity index (χ3n) is 2.05. The molecule has 0 spiro atoms. The van der Waals surface area contributed by atoms with Crippen molar-refractivity contribution < 1.29 is 9.94 Å². The van der Waals surface area contributed by atoms with Gasteiger partial charge in [0.05, 0.1) is 19.0 Å². The highest BCUT2D eigenvalue weighted by atomic mass is 32.1. The average Bonchev–Trinajstić information content (AvgIpc) is 2.78. The van der Waals surface area contributed by atoms with Gasteiger partial charge in [-0.05, 0) is 24.3 Å². The zero-order valence-corrected chi connectivity index (χ0v) is 9.44. The van der Waals surface area contributed by atoms with Gasteiger partial charge in [0.2, 0.25) is 0 Å². The number of thiazole rings is 1. The second-order valence-electron chi connectivity index (χ2n) is 3.05. The number of methoxy groups -OCH3 is 1. The molecule has 0 saturated heterocycles. The molecule has 0 radical (unpaired) electrons. The smallest absolute Gasteiger partial charge is 0.124 e. The molecular formula is C11H10N2O2S. The Morgan fingerprint density at radius 1 is 1.38 bits per heavy atom. The summed E-state index contributed by atoms with van der Waals surface area (Å²) in [6.07, 6.45) is 1.31. The second kappa shape index (κ2) is 4.76. The Morgan fingerprint density at radius 3 is 2.75 bits per heavy atom. The van der Waals surface area contributed by atoms with Crippen molar-refractivity contribution in [2.24, 2.45) is 5.16 Å². The highest BCUT2D eigenvalue weighted by Crippen LogP contribution is 2.25. The average molecular weight is 234 g/mol. The predicted molar refractivity (Wildman–Crippen MR) is 63.5 cm³/mol. The molecule has 2 rings (SSSR count). The lowest BCUT2D eigenvalue weighted by atomic mass is 10.2. The van der Waals surface area contributed by atoms with Crippen LogP contribution in [0.5, 0.6) is 5.75 Å². The van der Waals surface area contributed by atoms with Gasteiger partial charge in [-0.1, -0.05) is 5.16 Å². The van der Waals surface area contributed by atoms with Gasteiger partial charge in [-0.25, -0.2) is 4.98 Å². The fraction of sp³-hybridized carbons (Fsp3) is 0.0909. The number of rotatable bonds is 3. The van der Waals surface area contributed by atoms with E-state index in [9.17, 15) is 0 Å². The van der Waals surface area contributed by atoms with Crippen LogP contribution in [0.4, 0.5) is 0 Å². The minimum atomic E-state index is 0.651. The van der Waals surface area contributed by atoms with Crippen molar-refractivity contribution in [3.8, 4) is 16.3 Å². The highest BCUT2D eigenvalue weighted by Gasteiger charge is 2.03. The quantitative estimate of drug-likeness (QED) is 0.504. The van der Waals surface area contributed by atoms with Crippen LogP contribution in [0, 0.1) is 0 Å². The number of hydrogen-bond acceptors (Lipinski definition) is 5. The molecule has 1 N–H and O–H groups in total. The highest BCUT2D eigenvalue weighted by molar-refractivity contribution is 7.13. The van der Waals surface area contributed by atoms with Crippen LogP contribution in [-0.2, 0) is 0 Å². The van der Waals surface area contributed by atoms with Crippen LogP contribution in [0.25, 0.3) is 10.6 Å². The van der Waals surface area contributed by atoms with Crippen LogP contribution in [0.3, 0.4) is 0 Å². The van der Waals surface area contributed by atoms with Crippen LogP contribution in [-0.4, -0.2) is 23.5 Å². The molecule has 0 fully saturated rings. The standard InChI is InChI=1S/C11H10N2O2S/c1-15-10-4-2-8(3-5-10)11-13-9(6-12-14)7-16-11/h2-7,14H,1H3/b12-6+. The molecule has 1 aromatic heterocycles. The van der Waals surface area contributed by atoms with E-state index < -0.39 is 0 Å². The number of ether oxygens (including phenoxy) is 1. The lowest BCUT2D eigenvalue weighted by Gasteiger charge is -1.99. The Balaban J connectivity index is 2.27. The van der Waals surface area contributed by atoms with Crippen molar-refractivity contribution in [2.45, 2.75) is 0 Å². The second-order valence-corrected chi connectivity index (χ2v) is 3.91. The topological polar surface area (TPSA) is 54.7 Å². The Hall–Kier alpha value is -1.88. The molecule has 0 aliphatic rings. The largest absolute Gasteiger partial charge is 0.497 e. The number of aromatic nitrogens is 1. The molecule has 4 nitrogen and oxygen atoms in total. The summed E-state index contributed by atoms with van der Waals surface area (Å²) in [6.45, 7) is 0. The molecule has 0 aliphatic heterocycles. The molecule has 1 aromatic carbocycles. The molecule has 0 saturated carbocycles. The van der Waals surface area contributed by atoms with Crippen LogP contribution < -0.4 is 4.74 Å². The number of hydrogen-bond donors (Lipinski definition) is 1.